The lowest BCUT2D eigenvalue weighted by Gasteiger charge is -2.21. The van der Waals surface area contributed by atoms with Crippen LogP contribution >= 0.6 is 0 Å². The highest BCUT2D eigenvalue weighted by Gasteiger charge is 2.33. The second-order valence-electron chi connectivity index (χ2n) is 5.59. The van der Waals surface area contributed by atoms with Gasteiger partial charge in [-0.2, -0.15) is 18.3 Å². The number of benzene rings is 1. The van der Waals surface area contributed by atoms with Crippen molar-refractivity contribution in [1.82, 2.24) is 15.1 Å². The molecule has 0 bridgehead atoms. The lowest BCUT2D eigenvalue weighted by molar-refractivity contribution is -0.141. The van der Waals surface area contributed by atoms with Gasteiger partial charge in [-0.25, -0.2) is 0 Å². The Hall–Kier alpha value is -2.71. The number of amides is 1. The van der Waals surface area contributed by atoms with Crippen molar-refractivity contribution < 1.29 is 27.4 Å². The van der Waals surface area contributed by atoms with Gasteiger partial charge in [-0.3, -0.25) is 9.48 Å². The van der Waals surface area contributed by atoms with Gasteiger partial charge in [-0.15, -0.1) is 0 Å². The Kier molecular flexibility index (Phi) is 4.56. The molecular formula is C16H16F3N3O3. The number of nitrogens with zero attached hydrogens (tertiary/aromatic N) is 2. The number of halogens is 3. The summed E-state index contributed by atoms with van der Waals surface area (Å²) in [6.45, 7) is 2.42. The Balaban J connectivity index is 1.61. The highest BCUT2D eigenvalue weighted by Crippen LogP contribution is 2.32. The zero-order chi connectivity index (χ0) is 18.0. The van der Waals surface area contributed by atoms with Crippen LogP contribution in [0.25, 0.3) is 0 Å². The summed E-state index contributed by atoms with van der Waals surface area (Å²) in [6.07, 6.45) is -3.41. The van der Waals surface area contributed by atoms with Gasteiger partial charge in [0.25, 0.3) is 0 Å². The molecule has 1 aliphatic rings. The Morgan fingerprint density at radius 3 is 2.68 bits per heavy atom. The fourth-order valence-corrected chi connectivity index (χ4v) is 2.45. The second-order valence-corrected chi connectivity index (χ2v) is 5.59. The van der Waals surface area contributed by atoms with Crippen molar-refractivity contribution in [1.29, 1.82) is 0 Å². The van der Waals surface area contributed by atoms with Crippen LogP contribution < -0.4 is 14.8 Å². The monoisotopic (exact) mass is 355 g/mol. The van der Waals surface area contributed by atoms with E-state index in [1.54, 1.807) is 25.1 Å². The number of fused-ring (bicyclic) bond motifs is 1. The zero-order valence-corrected chi connectivity index (χ0v) is 13.3. The Morgan fingerprint density at radius 1 is 1.28 bits per heavy atom. The van der Waals surface area contributed by atoms with Crippen molar-refractivity contribution in [3.63, 3.8) is 0 Å². The first-order chi connectivity index (χ1) is 11.8. The third kappa shape index (κ3) is 4.04. The number of hydrogen-bond acceptors (Lipinski definition) is 4. The van der Waals surface area contributed by atoms with Gasteiger partial charge in [-0.1, -0.05) is 6.07 Å². The standard InChI is InChI=1S/C16H16F3N3O3/c1-10(11-2-3-12-13(8-11)25-7-6-24-12)20-15(23)9-22-5-4-14(21-22)16(17,18)19/h2-5,8,10H,6-7,9H2,1H3,(H,20,23)/t10-/m1/s1. The van der Waals surface area contributed by atoms with Crippen LogP contribution in [0.3, 0.4) is 0 Å². The molecule has 1 aromatic carbocycles. The third-order valence-electron chi connectivity index (χ3n) is 3.68. The van der Waals surface area contributed by atoms with E-state index in [1.165, 1.54) is 0 Å². The zero-order valence-electron chi connectivity index (χ0n) is 13.3. The number of aromatic nitrogens is 2. The summed E-state index contributed by atoms with van der Waals surface area (Å²) in [5.74, 6) is 0.802. The molecule has 134 valence electrons. The number of hydrogen-bond donors (Lipinski definition) is 1. The van der Waals surface area contributed by atoms with Crippen LogP contribution in [0.1, 0.15) is 24.2 Å². The number of carbonyl (C=O) groups is 1. The highest BCUT2D eigenvalue weighted by molar-refractivity contribution is 5.76. The normalized spacial score (nSPS) is 14.9. The largest absolute Gasteiger partial charge is 0.486 e. The van der Waals surface area contributed by atoms with Crippen molar-refractivity contribution in [2.75, 3.05) is 13.2 Å². The molecule has 0 aliphatic carbocycles. The lowest BCUT2D eigenvalue weighted by atomic mass is 10.1. The van der Waals surface area contributed by atoms with Gasteiger partial charge in [0, 0.05) is 6.20 Å². The van der Waals surface area contributed by atoms with E-state index in [-0.39, 0.29) is 12.6 Å². The molecular weight excluding hydrogens is 339 g/mol. The van der Waals surface area contributed by atoms with E-state index in [4.69, 9.17) is 9.47 Å². The van der Waals surface area contributed by atoms with Gasteiger partial charge in [0.15, 0.2) is 17.2 Å². The molecule has 1 aliphatic heterocycles. The Bertz CT molecular complexity index is 773. The van der Waals surface area contributed by atoms with Crippen molar-refractivity contribution in [2.24, 2.45) is 0 Å². The summed E-state index contributed by atoms with van der Waals surface area (Å²) in [6, 6.07) is 5.82. The smallest absolute Gasteiger partial charge is 0.435 e. The topological polar surface area (TPSA) is 65.4 Å². The fraction of sp³-hybridized carbons (Fsp3) is 0.375. The minimum Gasteiger partial charge on any atom is -0.486 e. The molecule has 3 rings (SSSR count). The van der Waals surface area contributed by atoms with Gasteiger partial charge >= 0.3 is 6.18 Å². The average Bonchev–Trinajstić information content (AvgIpc) is 3.03. The van der Waals surface area contributed by atoms with Gasteiger partial charge in [-0.05, 0) is 30.7 Å². The average molecular weight is 355 g/mol. The van der Waals surface area contributed by atoms with Crippen LogP contribution in [0.2, 0.25) is 0 Å². The Morgan fingerprint density at radius 2 is 2.00 bits per heavy atom. The molecule has 1 aromatic heterocycles. The van der Waals surface area contributed by atoms with Gasteiger partial charge in [0.1, 0.15) is 19.8 Å². The maximum Gasteiger partial charge on any atom is 0.435 e. The molecule has 0 unspecified atom stereocenters. The first kappa shape index (κ1) is 17.1. The van der Waals surface area contributed by atoms with Crippen LogP contribution in [-0.4, -0.2) is 28.9 Å². The Labute approximate surface area is 141 Å². The number of carbonyl (C=O) groups excluding carboxylic acids is 1. The maximum atomic E-state index is 12.5. The van der Waals surface area contributed by atoms with E-state index in [9.17, 15) is 18.0 Å². The molecule has 25 heavy (non-hydrogen) atoms. The molecule has 1 atom stereocenters. The predicted octanol–water partition coefficient (Wildman–Crippen LogP) is 2.55. The first-order valence-electron chi connectivity index (χ1n) is 7.62. The van der Waals surface area contributed by atoms with E-state index in [0.717, 1.165) is 22.5 Å². The molecule has 9 heteroatoms. The quantitative estimate of drug-likeness (QED) is 0.915. The second kappa shape index (κ2) is 6.66. The van der Waals surface area contributed by atoms with Crippen LogP contribution in [-0.2, 0) is 17.5 Å². The first-order valence-corrected chi connectivity index (χ1v) is 7.62. The molecule has 2 aromatic rings. The third-order valence-corrected chi connectivity index (χ3v) is 3.68. The van der Waals surface area contributed by atoms with Crippen LogP contribution in [0.5, 0.6) is 11.5 Å². The summed E-state index contributed by atoms with van der Waals surface area (Å²) >= 11 is 0. The maximum absolute atomic E-state index is 12.5. The fourth-order valence-electron chi connectivity index (χ4n) is 2.45. The van der Waals surface area contributed by atoms with E-state index in [1.807, 2.05) is 0 Å². The SMILES string of the molecule is C[C@@H](NC(=O)Cn1ccc(C(F)(F)F)n1)c1ccc2c(c1)OCCO2. The number of nitrogens with one attached hydrogen (secondary N) is 1. The highest BCUT2D eigenvalue weighted by atomic mass is 19.4. The van der Waals surface area contributed by atoms with Crippen LogP contribution in [0.15, 0.2) is 30.5 Å². The number of rotatable bonds is 4. The minimum atomic E-state index is -4.53. The molecule has 6 nitrogen and oxygen atoms in total. The lowest BCUT2D eigenvalue weighted by Crippen LogP contribution is -2.30. The van der Waals surface area contributed by atoms with Crippen molar-refractivity contribution in [3.8, 4) is 11.5 Å². The van der Waals surface area contributed by atoms with E-state index in [0.29, 0.717) is 24.7 Å². The van der Waals surface area contributed by atoms with Crippen molar-refractivity contribution in [3.05, 3.63) is 41.7 Å². The minimum absolute atomic E-state index is 0.301. The summed E-state index contributed by atoms with van der Waals surface area (Å²) in [5.41, 5.74) is -0.228. The summed E-state index contributed by atoms with van der Waals surface area (Å²) < 4.78 is 49.4. The number of ether oxygens (including phenoxy) is 2. The molecule has 0 radical (unpaired) electrons. The summed E-state index contributed by atoms with van der Waals surface area (Å²) in [4.78, 5) is 12.0. The summed E-state index contributed by atoms with van der Waals surface area (Å²) in [5, 5.41) is 6.08. The van der Waals surface area contributed by atoms with E-state index < -0.39 is 17.8 Å². The molecule has 0 fully saturated rings. The molecule has 0 saturated carbocycles. The molecule has 0 spiro atoms. The van der Waals surface area contributed by atoms with Crippen LogP contribution in [0.4, 0.5) is 13.2 Å². The van der Waals surface area contributed by atoms with Gasteiger partial charge in [0.05, 0.1) is 6.04 Å². The summed E-state index contributed by atoms with van der Waals surface area (Å²) in [7, 11) is 0. The number of alkyl halides is 3. The molecule has 2 heterocycles. The van der Waals surface area contributed by atoms with Crippen molar-refractivity contribution in [2.45, 2.75) is 25.7 Å². The van der Waals surface area contributed by atoms with Gasteiger partial charge in [0.2, 0.25) is 5.91 Å². The molecule has 0 saturated heterocycles. The van der Waals surface area contributed by atoms with E-state index in [2.05, 4.69) is 10.4 Å². The van der Waals surface area contributed by atoms with Gasteiger partial charge < -0.3 is 14.8 Å². The molecule has 1 amide bonds. The van der Waals surface area contributed by atoms with E-state index >= 15 is 0 Å². The predicted molar refractivity (Wildman–Crippen MR) is 81.2 cm³/mol. The molecule has 1 N–H and O–H groups in total. The van der Waals surface area contributed by atoms with Crippen LogP contribution in [0, 0.1) is 0 Å². The van der Waals surface area contributed by atoms with Crippen molar-refractivity contribution >= 4 is 5.91 Å².